The number of hydrogen-bond acceptors (Lipinski definition) is 2. The van der Waals surface area contributed by atoms with Crippen LogP contribution in [0.25, 0.3) is 0 Å². The van der Waals surface area contributed by atoms with E-state index in [0.29, 0.717) is 5.56 Å². The van der Waals surface area contributed by atoms with Crippen molar-refractivity contribution in [3.8, 4) is 0 Å². The van der Waals surface area contributed by atoms with Gasteiger partial charge in [0.25, 0.3) is 11.8 Å². The predicted octanol–water partition coefficient (Wildman–Crippen LogP) is 2.84. The highest BCUT2D eigenvalue weighted by molar-refractivity contribution is 5.97. The van der Waals surface area contributed by atoms with Crippen LogP contribution in [0.4, 0.5) is 0 Å². The monoisotopic (exact) mass is 274 g/mol. The van der Waals surface area contributed by atoms with Crippen LogP contribution in [0.5, 0.6) is 0 Å². The quantitative estimate of drug-likeness (QED) is 0.666. The van der Waals surface area contributed by atoms with Gasteiger partial charge in [-0.1, -0.05) is 23.8 Å². The number of allylic oxidation sites excluding steroid dienone is 1. The van der Waals surface area contributed by atoms with E-state index in [4.69, 9.17) is 0 Å². The number of nitrogens with zero attached hydrogens (tertiary/aromatic N) is 1. The average Bonchev–Trinajstić information content (AvgIpc) is 2.34. The van der Waals surface area contributed by atoms with Crippen LogP contribution < -0.4 is 5.43 Å². The first-order valence-electron chi connectivity index (χ1n) is 6.60. The number of carbonyl (C=O) groups excluding carboxylic acids is 2. The van der Waals surface area contributed by atoms with Gasteiger partial charge in [0.2, 0.25) is 0 Å². The topological polar surface area (TPSA) is 49.4 Å². The molecule has 0 aliphatic heterocycles. The van der Waals surface area contributed by atoms with Crippen LogP contribution in [0.1, 0.15) is 43.6 Å². The number of amides is 2. The first-order chi connectivity index (χ1) is 9.25. The first kappa shape index (κ1) is 16.0. The molecule has 4 heteroatoms. The molecular formula is C16H22N2O2. The molecule has 0 aromatic heterocycles. The van der Waals surface area contributed by atoms with Crippen LogP contribution >= 0.6 is 0 Å². The van der Waals surface area contributed by atoms with Crippen molar-refractivity contribution >= 4 is 11.8 Å². The maximum absolute atomic E-state index is 12.2. The van der Waals surface area contributed by atoms with Crippen LogP contribution in [0.15, 0.2) is 36.4 Å². The van der Waals surface area contributed by atoms with Gasteiger partial charge in [-0.05, 0) is 46.8 Å². The van der Waals surface area contributed by atoms with E-state index in [1.165, 1.54) is 11.1 Å². The zero-order chi connectivity index (χ0) is 15.3. The highest BCUT2D eigenvalue weighted by Gasteiger charge is 2.27. The molecule has 0 heterocycles. The minimum Gasteiger partial charge on any atom is -0.268 e. The van der Waals surface area contributed by atoms with Crippen LogP contribution in [0.3, 0.4) is 0 Å². The Labute approximate surface area is 120 Å². The fourth-order valence-electron chi connectivity index (χ4n) is 1.72. The molecule has 1 aromatic rings. The summed E-state index contributed by atoms with van der Waals surface area (Å²) in [5.41, 5.74) is 3.71. The summed E-state index contributed by atoms with van der Waals surface area (Å²) in [6, 6.07) is 7.25. The Morgan fingerprint density at radius 1 is 1.25 bits per heavy atom. The summed E-state index contributed by atoms with van der Waals surface area (Å²) in [5.74, 6) is -0.539. The van der Waals surface area contributed by atoms with Gasteiger partial charge in [-0.3, -0.25) is 15.0 Å². The summed E-state index contributed by atoms with van der Waals surface area (Å²) in [5, 5.41) is 1.34. The lowest BCUT2D eigenvalue weighted by molar-refractivity contribution is -0.133. The lowest BCUT2D eigenvalue weighted by Crippen LogP contribution is -2.55. The number of hydrogen-bond donors (Lipinski definition) is 1. The molecule has 20 heavy (non-hydrogen) atoms. The third-order valence-electron chi connectivity index (χ3n) is 2.69. The summed E-state index contributed by atoms with van der Waals surface area (Å²) in [4.78, 5) is 24.3. The summed E-state index contributed by atoms with van der Waals surface area (Å²) < 4.78 is 0. The van der Waals surface area contributed by atoms with Crippen molar-refractivity contribution in [2.45, 2.75) is 40.2 Å². The number of benzene rings is 1. The van der Waals surface area contributed by atoms with Crippen LogP contribution in [0.2, 0.25) is 0 Å². The van der Waals surface area contributed by atoms with Gasteiger partial charge in [-0.25, -0.2) is 5.01 Å². The van der Waals surface area contributed by atoms with Gasteiger partial charge in [-0.15, -0.1) is 0 Å². The molecule has 0 aliphatic rings. The van der Waals surface area contributed by atoms with Crippen molar-refractivity contribution in [2.24, 2.45) is 0 Å². The van der Waals surface area contributed by atoms with Crippen LogP contribution in [-0.2, 0) is 4.79 Å². The molecule has 2 amide bonds. The molecule has 0 atom stereocenters. The van der Waals surface area contributed by atoms with Gasteiger partial charge in [0, 0.05) is 11.6 Å². The molecule has 0 saturated heterocycles. The van der Waals surface area contributed by atoms with E-state index in [0.717, 1.165) is 5.56 Å². The molecule has 0 fully saturated rings. The van der Waals surface area contributed by atoms with Crippen LogP contribution in [-0.4, -0.2) is 22.4 Å². The van der Waals surface area contributed by atoms with Gasteiger partial charge in [-0.2, -0.15) is 0 Å². The second-order valence-electron chi connectivity index (χ2n) is 5.65. The van der Waals surface area contributed by atoms with Crippen molar-refractivity contribution in [1.82, 2.24) is 10.4 Å². The maximum atomic E-state index is 12.2. The summed E-state index contributed by atoms with van der Waals surface area (Å²) in [6.07, 6.45) is 3.08. The lowest BCUT2D eigenvalue weighted by atomic mass is 10.1. The number of rotatable bonds is 2. The van der Waals surface area contributed by atoms with Crippen molar-refractivity contribution in [1.29, 1.82) is 0 Å². The van der Waals surface area contributed by atoms with Crippen molar-refractivity contribution < 1.29 is 9.59 Å². The standard InChI is InChI=1S/C16H22N2O2/c1-6-8-14(19)18(16(3,4)5)17-15(20)13-10-7-9-12(2)11-13/h6-11H,1-5H3,(H,17,20). The molecule has 1 rings (SSSR count). The molecule has 1 N–H and O–H groups in total. The van der Waals surface area contributed by atoms with Crippen molar-refractivity contribution in [2.75, 3.05) is 0 Å². The van der Waals surface area contributed by atoms with E-state index in [1.54, 1.807) is 25.1 Å². The Morgan fingerprint density at radius 2 is 1.90 bits per heavy atom. The van der Waals surface area contributed by atoms with Gasteiger partial charge >= 0.3 is 0 Å². The SMILES string of the molecule is CC=CC(=O)N(NC(=O)c1cccc(C)c1)C(C)(C)C. The largest absolute Gasteiger partial charge is 0.269 e. The second kappa shape index (κ2) is 6.37. The van der Waals surface area contributed by atoms with E-state index in [1.807, 2.05) is 39.8 Å². The zero-order valence-corrected chi connectivity index (χ0v) is 12.7. The third kappa shape index (κ3) is 4.23. The minimum atomic E-state index is -0.504. The fraction of sp³-hybridized carbons (Fsp3) is 0.375. The predicted molar refractivity (Wildman–Crippen MR) is 80.1 cm³/mol. The Morgan fingerprint density at radius 3 is 2.40 bits per heavy atom. The number of nitrogens with one attached hydrogen (secondary N) is 1. The minimum absolute atomic E-state index is 0.249. The van der Waals surface area contributed by atoms with Gasteiger partial charge < -0.3 is 0 Å². The number of aryl methyl sites for hydroxylation is 1. The maximum Gasteiger partial charge on any atom is 0.269 e. The smallest absolute Gasteiger partial charge is 0.268 e. The van der Waals surface area contributed by atoms with Crippen molar-refractivity contribution in [3.63, 3.8) is 0 Å². The Bertz CT molecular complexity index is 528. The molecule has 4 nitrogen and oxygen atoms in total. The summed E-state index contributed by atoms with van der Waals surface area (Å²) >= 11 is 0. The number of carbonyl (C=O) groups is 2. The van der Waals surface area contributed by atoms with E-state index >= 15 is 0 Å². The van der Waals surface area contributed by atoms with Gasteiger partial charge in [0.05, 0.1) is 5.54 Å². The molecule has 1 aromatic carbocycles. The molecule has 0 aliphatic carbocycles. The van der Waals surface area contributed by atoms with E-state index in [9.17, 15) is 9.59 Å². The van der Waals surface area contributed by atoms with Crippen LogP contribution in [0, 0.1) is 6.92 Å². The number of hydrazine groups is 1. The fourth-order valence-corrected chi connectivity index (χ4v) is 1.72. The highest BCUT2D eigenvalue weighted by atomic mass is 16.2. The van der Waals surface area contributed by atoms with E-state index in [2.05, 4.69) is 5.43 Å². The molecule has 108 valence electrons. The molecule has 0 bridgehead atoms. The summed E-state index contributed by atoms with van der Waals surface area (Å²) in [7, 11) is 0. The third-order valence-corrected chi connectivity index (χ3v) is 2.69. The summed E-state index contributed by atoms with van der Waals surface area (Å²) in [6.45, 7) is 9.28. The molecule has 0 unspecified atom stereocenters. The molecular weight excluding hydrogens is 252 g/mol. The first-order valence-corrected chi connectivity index (χ1v) is 6.60. The Balaban J connectivity index is 2.96. The second-order valence-corrected chi connectivity index (χ2v) is 5.65. The Hall–Kier alpha value is -2.10. The van der Waals surface area contributed by atoms with E-state index in [-0.39, 0.29) is 11.8 Å². The molecule has 0 radical (unpaired) electrons. The van der Waals surface area contributed by atoms with Gasteiger partial charge in [0.1, 0.15) is 0 Å². The molecule has 0 spiro atoms. The highest BCUT2D eigenvalue weighted by Crippen LogP contribution is 2.12. The molecule has 0 saturated carbocycles. The Kier molecular flexibility index (Phi) is 5.08. The van der Waals surface area contributed by atoms with Gasteiger partial charge in [0.15, 0.2) is 0 Å². The zero-order valence-electron chi connectivity index (χ0n) is 12.7. The average molecular weight is 274 g/mol. The van der Waals surface area contributed by atoms with Crippen molar-refractivity contribution in [3.05, 3.63) is 47.5 Å². The normalized spacial score (nSPS) is 11.4. The van der Waals surface area contributed by atoms with E-state index < -0.39 is 5.54 Å². The lowest BCUT2D eigenvalue weighted by Gasteiger charge is -2.34.